The van der Waals surface area contributed by atoms with Crippen molar-refractivity contribution in [1.29, 1.82) is 0 Å². The highest BCUT2D eigenvalue weighted by atomic mass is 32.2. The van der Waals surface area contributed by atoms with E-state index in [4.69, 9.17) is 9.84 Å². The molecule has 2 N–H and O–H groups in total. The number of amides is 2. The third-order valence-corrected chi connectivity index (χ3v) is 3.19. The molecule has 0 aromatic heterocycles. The third-order valence-electron chi connectivity index (χ3n) is 2.38. The first-order valence-electron chi connectivity index (χ1n) is 5.74. The summed E-state index contributed by atoms with van der Waals surface area (Å²) in [5.41, 5.74) is 0.699. The SMILES string of the molecule is O=C(O)CCOc1cccc(/C=C2/SC(=O)NC2=O)c1. The molecular weight excluding hydrogens is 282 g/mol. The van der Waals surface area contributed by atoms with E-state index in [-0.39, 0.29) is 13.0 Å². The molecular formula is C13H11NO5S. The summed E-state index contributed by atoms with van der Waals surface area (Å²) in [5.74, 6) is -0.839. The average molecular weight is 293 g/mol. The predicted molar refractivity (Wildman–Crippen MR) is 73.3 cm³/mol. The molecule has 1 aliphatic heterocycles. The normalized spacial score (nSPS) is 16.3. The maximum Gasteiger partial charge on any atom is 0.306 e. The molecule has 2 amide bonds. The Labute approximate surface area is 118 Å². The van der Waals surface area contributed by atoms with Crippen LogP contribution in [0.4, 0.5) is 4.79 Å². The van der Waals surface area contributed by atoms with Crippen molar-refractivity contribution < 1.29 is 24.2 Å². The second-order valence-corrected chi connectivity index (χ2v) is 4.93. The fourth-order valence-electron chi connectivity index (χ4n) is 1.52. The number of benzene rings is 1. The number of hydrogen-bond donors (Lipinski definition) is 2. The maximum absolute atomic E-state index is 11.4. The highest BCUT2D eigenvalue weighted by Gasteiger charge is 2.24. The van der Waals surface area contributed by atoms with Crippen LogP contribution in [0.3, 0.4) is 0 Å². The zero-order valence-corrected chi connectivity index (χ0v) is 11.1. The van der Waals surface area contributed by atoms with Crippen LogP contribution in [0.15, 0.2) is 29.2 Å². The van der Waals surface area contributed by atoms with Gasteiger partial charge in [-0.15, -0.1) is 0 Å². The molecule has 0 bridgehead atoms. The highest BCUT2D eigenvalue weighted by Crippen LogP contribution is 2.26. The van der Waals surface area contributed by atoms with Gasteiger partial charge >= 0.3 is 5.97 Å². The number of nitrogens with one attached hydrogen (secondary N) is 1. The number of carboxylic acid groups (broad SMARTS) is 1. The lowest BCUT2D eigenvalue weighted by Gasteiger charge is -2.05. The molecule has 6 nitrogen and oxygen atoms in total. The van der Waals surface area contributed by atoms with Gasteiger partial charge in [-0.2, -0.15) is 0 Å². The summed E-state index contributed by atoms with van der Waals surface area (Å²) in [6.07, 6.45) is 1.49. The zero-order valence-electron chi connectivity index (χ0n) is 10.3. The fraction of sp³-hybridized carbons (Fsp3) is 0.154. The molecule has 0 unspecified atom stereocenters. The number of aliphatic carboxylic acids is 1. The molecule has 104 valence electrons. The molecule has 0 atom stereocenters. The van der Waals surface area contributed by atoms with Crippen LogP contribution in [-0.4, -0.2) is 28.8 Å². The van der Waals surface area contributed by atoms with Gasteiger partial charge in [0.05, 0.1) is 17.9 Å². The highest BCUT2D eigenvalue weighted by molar-refractivity contribution is 8.18. The molecule has 0 spiro atoms. The van der Waals surface area contributed by atoms with Gasteiger partial charge in [0.2, 0.25) is 0 Å². The van der Waals surface area contributed by atoms with Crippen LogP contribution < -0.4 is 10.1 Å². The van der Waals surface area contributed by atoms with E-state index in [0.29, 0.717) is 16.2 Å². The van der Waals surface area contributed by atoms with Crippen LogP contribution in [0.1, 0.15) is 12.0 Å². The van der Waals surface area contributed by atoms with E-state index in [1.54, 1.807) is 30.3 Å². The molecule has 1 aliphatic rings. The van der Waals surface area contributed by atoms with Gasteiger partial charge in [0.15, 0.2) is 0 Å². The molecule has 7 heteroatoms. The molecule has 0 aliphatic carbocycles. The van der Waals surface area contributed by atoms with E-state index in [0.717, 1.165) is 11.8 Å². The summed E-state index contributed by atoms with van der Waals surface area (Å²) in [6.45, 7) is 0.0725. The molecule has 2 rings (SSSR count). The molecule has 1 saturated heterocycles. The van der Waals surface area contributed by atoms with Crippen molar-refractivity contribution in [2.24, 2.45) is 0 Å². The van der Waals surface area contributed by atoms with Gasteiger partial charge < -0.3 is 9.84 Å². The molecule has 20 heavy (non-hydrogen) atoms. The molecule has 1 heterocycles. The fourth-order valence-corrected chi connectivity index (χ4v) is 2.20. The molecule has 1 aromatic rings. The summed E-state index contributed by atoms with van der Waals surface area (Å²) in [5, 5.41) is 10.3. The monoisotopic (exact) mass is 293 g/mol. The van der Waals surface area contributed by atoms with Gasteiger partial charge in [0.25, 0.3) is 11.1 Å². The average Bonchev–Trinajstić information content (AvgIpc) is 2.68. The van der Waals surface area contributed by atoms with Crippen LogP contribution in [0.5, 0.6) is 5.75 Å². The minimum Gasteiger partial charge on any atom is -0.493 e. The van der Waals surface area contributed by atoms with Crippen LogP contribution in [0.25, 0.3) is 6.08 Å². The Morgan fingerprint density at radius 2 is 2.20 bits per heavy atom. The first-order chi connectivity index (χ1) is 9.54. The van der Waals surface area contributed by atoms with Gasteiger partial charge in [-0.3, -0.25) is 19.7 Å². The Morgan fingerprint density at radius 1 is 1.40 bits per heavy atom. The lowest BCUT2D eigenvalue weighted by molar-refractivity contribution is -0.137. The Hall–Kier alpha value is -2.28. The van der Waals surface area contributed by atoms with E-state index in [1.165, 1.54) is 0 Å². The van der Waals surface area contributed by atoms with Crippen LogP contribution in [-0.2, 0) is 9.59 Å². The minimum absolute atomic E-state index is 0.0725. The van der Waals surface area contributed by atoms with Crippen molar-refractivity contribution in [2.75, 3.05) is 6.61 Å². The zero-order chi connectivity index (χ0) is 14.5. The van der Waals surface area contributed by atoms with E-state index in [1.807, 2.05) is 0 Å². The standard InChI is InChI=1S/C13H11NO5S/c15-11(16)4-5-19-9-3-1-2-8(6-9)7-10-12(17)14-13(18)20-10/h1-3,6-7H,4-5H2,(H,15,16)(H,14,17,18)/b10-7+. The number of hydrogen-bond acceptors (Lipinski definition) is 5. The number of carboxylic acids is 1. The van der Waals surface area contributed by atoms with Crippen molar-refractivity contribution in [3.05, 3.63) is 34.7 Å². The number of imide groups is 1. The van der Waals surface area contributed by atoms with Gasteiger partial charge in [-0.25, -0.2) is 0 Å². The molecule has 0 saturated carbocycles. The second kappa shape index (κ2) is 6.25. The number of thioether (sulfide) groups is 1. The first-order valence-corrected chi connectivity index (χ1v) is 6.56. The molecule has 1 aromatic carbocycles. The minimum atomic E-state index is -0.930. The maximum atomic E-state index is 11.4. The van der Waals surface area contributed by atoms with Crippen molar-refractivity contribution in [3.8, 4) is 5.75 Å². The van der Waals surface area contributed by atoms with Crippen LogP contribution in [0, 0.1) is 0 Å². The molecule has 1 fully saturated rings. The van der Waals surface area contributed by atoms with E-state index in [9.17, 15) is 14.4 Å². The van der Waals surface area contributed by atoms with Gasteiger partial charge in [-0.1, -0.05) is 12.1 Å². The Morgan fingerprint density at radius 3 is 2.85 bits per heavy atom. The summed E-state index contributed by atoms with van der Waals surface area (Å²) in [4.78, 5) is 33.1. The summed E-state index contributed by atoms with van der Waals surface area (Å²) in [7, 11) is 0. The van der Waals surface area contributed by atoms with Gasteiger partial charge in [-0.05, 0) is 35.5 Å². The lowest BCUT2D eigenvalue weighted by Crippen LogP contribution is -2.17. The quantitative estimate of drug-likeness (QED) is 0.805. The van der Waals surface area contributed by atoms with E-state index >= 15 is 0 Å². The van der Waals surface area contributed by atoms with Crippen molar-refractivity contribution in [2.45, 2.75) is 6.42 Å². The van der Waals surface area contributed by atoms with Gasteiger partial charge in [0, 0.05) is 0 Å². The number of rotatable bonds is 5. The Kier molecular flexibility index (Phi) is 4.41. The van der Waals surface area contributed by atoms with Crippen LogP contribution in [0.2, 0.25) is 0 Å². The number of ether oxygens (including phenoxy) is 1. The summed E-state index contributed by atoms with van der Waals surface area (Å²) in [6, 6.07) is 6.85. The number of carbonyl (C=O) groups excluding carboxylic acids is 2. The van der Waals surface area contributed by atoms with Crippen molar-refractivity contribution in [1.82, 2.24) is 5.32 Å². The largest absolute Gasteiger partial charge is 0.493 e. The Balaban J connectivity index is 2.06. The topological polar surface area (TPSA) is 92.7 Å². The molecule has 0 radical (unpaired) electrons. The first kappa shape index (κ1) is 14.1. The number of carbonyl (C=O) groups is 3. The van der Waals surface area contributed by atoms with E-state index < -0.39 is 17.1 Å². The predicted octanol–water partition coefficient (Wildman–Crippen LogP) is 1.86. The summed E-state index contributed by atoms with van der Waals surface area (Å²) >= 11 is 0.839. The van der Waals surface area contributed by atoms with E-state index in [2.05, 4.69) is 5.32 Å². The lowest BCUT2D eigenvalue weighted by atomic mass is 10.2. The third kappa shape index (κ3) is 3.86. The van der Waals surface area contributed by atoms with Crippen molar-refractivity contribution in [3.63, 3.8) is 0 Å². The Bertz CT molecular complexity index is 596. The summed E-state index contributed by atoms with van der Waals surface area (Å²) < 4.78 is 5.29. The smallest absolute Gasteiger partial charge is 0.306 e. The second-order valence-electron chi connectivity index (χ2n) is 3.92. The van der Waals surface area contributed by atoms with Gasteiger partial charge in [0.1, 0.15) is 5.75 Å². The van der Waals surface area contributed by atoms with Crippen LogP contribution >= 0.6 is 11.8 Å². The van der Waals surface area contributed by atoms with Crippen molar-refractivity contribution >= 4 is 35.0 Å².